The molecule has 0 atom stereocenters. The van der Waals surface area contributed by atoms with Crippen LogP contribution in [0.15, 0.2) is 133 Å². The van der Waals surface area contributed by atoms with Crippen molar-refractivity contribution in [1.82, 2.24) is 19.9 Å². The van der Waals surface area contributed by atoms with Crippen LogP contribution < -0.4 is 9.97 Å². The molecule has 0 spiro atoms. The minimum absolute atomic E-state index is 0. The van der Waals surface area contributed by atoms with Gasteiger partial charge in [-0.05, 0) is 128 Å². The van der Waals surface area contributed by atoms with E-state index < -0.39 is 17.5 Å². The van der Waals surface area contributed by atoms with Crippen LogP contribution in [0.3, 0.4) is 0 Å². The van der Waals surface area contributed by atoms with Crippen molar-refractivity contribution in [3.63, 3.8) is 0 Å². The molecule has 326 valence electrons. The molecule has 0 unspecified atom stereocenters. The second-order valence-electron chi connectivity index (χ2n) is 16.3. The van der Waals surface area contributed by atoms with Crippen LogP contribution in [0, 0.1) is 0 Å². The van der Waals surface area contributed by atoms with Crippen LogP contribution in [0.4, 0.5) is 0 Å². The fourth-order valence-electron chi connectivity index (χ4n) is 8.61. The van der Waals surface area contributed by atoms with E-state index in [-0.39, 0.29) is 19.5 Å². The topological polar surface area (TPSA) is 129 Å². The van der Waals surface area contributed by atoms with E-state index in [1.165, 1.54) is 28.3 Å². The number of nitrogens with zero attached hydrogens (tertiary/aromatic N) is 4. The van der Waals surface area contributed by atoms with Crippen LogP contribution in [-0.4, -0.2) is 32.1 Å². The van der Waals surface area contributed by atoms with Gasteiger partial charge in [-0.2, -0.15) is 0 Å². The molecule has 0 radical (unpaired) electrons. The molecule has 0 fully saturated rings. The van der Waals surface area contributed by atoms with Gasteiger partial charge in [0.1, 0.15) is 5.57 Å². The Bertz CT molecular complexity index is 3300. The van der Waals surface area contributed by atoms with Crippen molar-refractivity contribution in [1.29, 1.82) is 0 Å². The number of aromatic nitrogens is 4. The summed E-state index contributed by atoms with van der Waals surface area (Å²) in [4.78, 5) is 45.7. The smallest absolute Gasteiger partial charge is 0.657 e. The standard InChI is InChI=1S/C58H50N4O4.Zn/c1-5-35-12-20-39(21-13-35)52-45-28-29-46(59-45)53(40-22-14-36(6-2)15-23-40)48-32-33-50(61-48)55(42-26-18-38(8-4)19-27-42)56-43(10-9-11-44(57(63)64)58(65)66)34-51(62-56)54(49-31-30-47(52)60-49)41-24-16-37(7-3)17-25-41;/h9-34H,5-8H2,1-4H3,(H4,59,60,61,62,63,64,65,66);/q;+2/p-2/b10-9+,52-45?,52-47?,53-46?,53-48?,54-49?,54-51?,55-50?,56-55?;. The fourth-order valence-corrected chi connectivity index (χ4v) is 8.61. The normalized spacial score (nSPS) is 11.8. The third-order valence-electron chi connectivity index (χ3n) is 12.4. The molecule has 2 aliphatic heterocycles. The third kappa shape index (κ3) is 9.34. The quantitative estimate of drug-likeness (QED) is 0.0407. The van der Waals surface area contributed by atoms with Crippen LogP contribution in [-0.2, 0) is 54.8 Å². The maximum atomic E-state index is 11.9. The van der Waals surface area contributed by atoms with Crippen LogP contribution in [0.5, 0.6) is 0 Å². The molecule has 0 saturated heterocycles. The number of hydrogen-bond donors (Lipinski definition) is 2. The van der Waals surface area contributed by atoms with Gasteiger partial charge in [-0.3, -0.25) is 0 Å². The molecule has 3 aromatic heterocycles. The van der Waals surface area contributed by atoms with E-state index in [1.807, 2.05) is 30.4 Å². The second kappa shape index (κ2) is 19.9. The van der Waals surface area contributed by atoms with E-state index in [2.05, 4.69) is 137 Å². The molecule has 7 aromatic rings. The summed E-state index contributed by atoms with van der Waals surface area (Å²) in [6.45, 7) is 8.54. The van der Waals surface area contributed by atoms with Crippen molar-refractivity contribution in [2.24, 2.45) is 0 Å². The summed E-state index contributed by atoms with van der Waals surface area (Å²) in [5.41, 5.74) is 17.4. The van der Waals surface area contributed by atoms with E-state index in [0.29, 0.717) is 28.0 Å². The SMILES string of the molecule is CCc1ccc(-c2c3nc(c(-c4ccc(CC)cc4)c4cc(/C=C/C=C(C(=O)O)C(=O)O)c([n-]4)c(-c4ccc(CC)cc4)c4nc(c(-c5ccc(CC)cc5)c5ccc2[n-]5)C=C4)C=C3)cc1.[Zn+2]. The Labute approximate surface area is 403 Å². The molecule has 8 bridgehead atoms. The van der Waals surface area contributed by atoms with Gasteiger partial charge in [-0.25, -0.2) is 19.6 Å². The molecule has 4 aromatic carbocycles. The number of carbonyl (C=O) groups is 2. The number of aryl methyl sites for hydroxylation is 4. The zero-order valence-electron chi connectivity index (χ0n) is 38.0. The van der Waals surface area contributed by atoms with Crippen LogP contribution in [0.1, 0.15) is 78.3 Å². The summed E-state index contributed by atoms with van der Waals surface area (Å²) >= 11 is 0. The molecule has 9 rings (SSSR count). The fraction of sp³-hybridized carbons (Fsp3) is 0.138. The first-order chi connectivity index (χ1) is 32.2. The van der Waals surface area contributed by atoms with Gasteiger partial charge in [0.05, 0.1) is 22.8 Å². The van der Waals surface area contributed by atoms with Crippen LogP contribution in [0.2, 0.25) is 0 Å². The number of carboxylic acids is 2. The van der Waals surface area contributed by atoms with Crippen molar-refractivity contribution < 1.29 is 39.3 Å². The minimum Gasteiger partial charge on any atom is -0.657 e. The van der Waals surface area contributed by atoms with Crippen LogP contribution in [0.25, 0.3) is 97.0 Å². The molecule has 2 N–H and O–H groups in total. The predicted molar refractivity (Wildman–Crippen MR) is 268 cm³/mol. The second-order valence-corrected chi connectivity index (χ2v) is 16.3. The first-order valence-electron chi connectivity index (χ1n) is 22.5. The third-order valence-corrected chi connectivity index (χ3v) is 12.4. The summed E-state index contributed by atoms with van der Waals surface area (Å²) in [6, 6.07) is 40.1. The average molecular weight is 930 g/mol. The molecular weight excluding hydrogens is 882 g/mol. The van der Waals surface area contributed by atoms with Gasteiger partial charge < -0.3 is 20.2 Å². The number of hydrogen-bond acceptors (Lipinski definition) is 4. The van der Waals surface area contributed by atoms with Crippen molar-refractivity contribution in [3.8, 4) is 44.5 Å². The average Bonchev–Trinajstić information content (AvgIpc) is 4.19. The van der Waals surface area contributed by atoms with Crippen LogP contribution >= 0.6 is 0 Å². The van der Waals surface area contributed by atoms with Crippen molar-refractivity contribution >= 4 is 64.4 Å². The maximum absolute atomic E-state index is 11.9. The zero-order valence-corrected chi connectivity index (χ0v) is 41.0. The maximum Gasteiger partial charge on any atom is 2.00 e. The summed E-state index contributed by atoms with van der Waals surface area (Å²) in [6.07, 6.45) is 16.0. The summed E-state index contributed by atoms with van der Waals surface area (Å²) in [5, 5.41) is 19.4. The van der Waals surface area contributed by atoms with Gasteiger partial charge in [0.25, 0.3) is 0 Å². The summed E-state index contributed by atoms with van der Waals surface area (Å²) < 4.78 is 0. The van der Waals surface area contributed by atoms with E-state index in [4.69, 9.17) is 19.9 Å². The van der Waals surface area contributed by atoms with Crippen molar-refractivity contribution in [2.75, 3.05) is 0 Å². The first-order valence-corrected chi connectivity index (χ1v) is 22.5. The first kappa shape index (κ1) is 46.1. The molecule has 2 aliphatic rings. The molecule has 67 heavy (non-hydrogen) atoms. The monoisotopic (exact) mass is 928 g/mol. The minimum atomic E-state index is -1.53. The molecule has 9 heteroatoms. The van der Waals surface area contributed by atoms with Gasteiger partial charge >= 0.3 is 31.4 Å². The van der Waals surface area contributed by atoms with E-state index in [0.717, 1.165) is 98.7 Å². The van der Waals surface area contributed by atoms with Crippen molar-refractivity contribution in [3.05, 3.63) is 184 Å². The number of fused-ring (bicyclic) bond motifs is 8. The molecule has 0 aliphatic carbocycles. The van der Waals surface area contributed by atoms with Gasteiger partial charge in [-0.15, -0.1) is 22.1 Å². The van der Waals surface area contributed by atoms with Gasteiger partial charge in [0.2, 0.25) is 0 Å². The number of carboxylic acid groups (broad SMARTS) is 2. The Morgan fingerprint density at radius 1 is 0.478 bits per heavy atom. The van der Waals surface area contributed by atoms with Gasteiger partial charge in [0.15, 0.2) is 0 Å². The number of allylic oxidation sites excluding steroid dienone is 2. The number of rotatable bonds is 12. The Morgan fingerprint density at radius 3 is 1.18 bits per heavy atom. The molecule has 8 nitrogen and oxygen atoms in total. The molecular formula is C58H48N4O4Zn. The number of aliphatic carboxylic acids is 2. The number of benzene rings is 4. The zero-order chi connectivity index (χ0) is 45.9. The van der Waals surface area contributed by atoms with E-state index in [9.17, 15) is 19.8 Å². The molecule has 0 amide bonds. The summed E-state index contributed by atoms with van der Waals surface area (Å²) in [7, 11) is 0. The van der Waals surface area contributed by atoms with Crippen molar-refractivity contribution in [2.45, 2.75) is 53.4 Å². The molecule has 0 saturated carbocycles. The predicted octanol–water partition coefficient (Wildman–Crippen LogP) is 12.9. The Kier molecular flexibility index (Phi) is 13.7. The largest absolute Gasteiger partial charge is 2.00 e. The van der Waals surface area contributed by atoms with E-state index >= 15 is 0 Å². The summed E-state index contributed by atoms with van der Waals surface area (Å²) in [5.74, 6) is -3.07. The Hall–Kier alpha value is -7.48. The Balaban J connectivity index is 0.00000608. The van der Waals surface area contributed by atoms with E-state index in [1.54, 1.807) is 6.08 Å². The van der Waals surface area contributed by atoms with Gasteiger partial charge in [0, 0.05) is 0 Å². The molecule has 5 heterocycles. The van der Waals surface area contributed by atoms with Gasteiger partial charge in [-0.1, -0.05) is 155 Å². The Morgan fingerprint density at radius 2 is 0.821 bits per heavy atom.